The number of guanidine groups is 1. The van der Waals surface area contributed by atoms with Crippen molar-refractivity contribution in [2.45, 2.75) is 58.3 Å². The maximum atomic E-state index is 12.7. The predicted octanol–water partition coefficient (Wildman–Crippen LogP) is 2.55. The molecule has 0 spiro atoms. The SMILES string of the molecule is CCNC(=NCc1nnc2n1CCCC2)NC1CCN(c2ccccc2OC(F)F)C1. The summed E-state index contributed by atoms with van der Waals surface area (Å²) in [5.74, 6) is 2.86. The Labute approximate surface area is 180 Å². The lowest BCUT2D eigenvalue weighted by Gasteiger charge is -2.22. The number of ether oxygens (including phenoxy) is 1. The third-order valence-corrected chi connectivity index (χ3v) is 5.61. The molecule has 8 nitrogen and oxygen atoms in total. The van der Waals surface area contributed by atoms with E-state index in [4.69, 9.17) is 9.73 Å². The summed E-state index contributed by atoms with van der Waals surface area (Å²) >= 11 is 0. The number of hydrogen-bond donors (Lipinski definition) is 2. The van der Waals surface area contributed by atoms with Crippen LogP contribution in [0.15, 0.2) is 29.3 Å². The van der Waals surface area contributed by atoms with Crippen LogP contribution in [0.2, 0.25) is 0 Å². The molecule has 0 amide bonds. The lowest BCUT2D eigenvalue weighted by Crippen LogP contribution is -2.44. The van der Waals surface area contributed by atoms with Crippen LogP contribution in [0.1, 0.15) is 37.8 Å². The van der Waals surface area contributed by atoms with Gasteiger partial charge in [-0.15, -0.1) is 10.2 Å². The number of hydrogen-bond acceptors (Lipinski definition) is 5. The Bertz CT molecular complexity index is 902. The largest absolute Gasteiger partial charge is 0.433 e. The van der Waals surface area contributed by atoms with Crippen LogP contribution >= 0.6 is 0 Å². The highest BCUT2D eigenvalue weighted by Gasteiger charge is 2.26. The highest BCUT2D eigenvalue weighted by Crippen LogP contribution is 2.31. The Morgan fingerprint density at radius 2 is 2.13 bits per heavy atom. The van der Waals surface area contributed by atoms with Gasteiger partial charge < -0.3 is 24.8 Å². The van der Waals surface area contributed by atoms with Gasteiger partial charge in [-0.2, -0.15) is 8.78 Å². The number of rotatable bonds is 7. The fraction of sp³-hybridized carbons (Fsp3) is 0.571. The van der Waals surface area contributed by atoms with Gasteiger partial charge in [0.2, 0.25) is 0 Å². The molecule has 1 unspecified atom stereocenters. The molecule has 31 heavy (non-hydrogen) atoms. The van der Waals surface area contributed by atoms with Crippen LogP contribution < -0.4 is 20.3 Å². The quantitative estimate of drug-likeness (QED) is 0.516. The number of halogens is 2. The number of benzene rings is 1. The van der Waals surface area contributed by atoms with Gasteiger partial charge in [0.15, 0.2) is 11.8 Å². The molecule has 4 rings (SSSR count). The lowest BCUT2D eigenvalue weighted by atomic mass is 10.2. The van der Waals surface area contributed by atoms with E-state index in [1.807, 2.05) is 19.1 Å². The van der Waals surface area contributed by atoms with Crippen molar-refractivity contribution >= 4 is 11.6 Å². The van der Waals surface area contributed by atoms with Gasteiger partial charge in [-0.05, 0) is 38.3 Å². The second-order valence-electron chi connectivity index (χ2n) is 7.76. The zero-order chi connectivity index (χ0) is 21.6. The Morgan fingerprint density at radius 3 is 2.97 bits per heavy atom. The van der Waals surface area contributed by atoms with E-state index in [9.17, 15) is 8.78 Å². The summed E-state index contributed by atoms with van der Waals surface area (Å²) in [5.41, 5.74) is 0.684. The molecule has 0 saturated carbocycles. The number of aromatic nitrogens is 3. The lowest BCUT2D eigenvalue weighted by molar-refractivity contribution is -0.0495. The van der Waals surface area contributed by atoms with E-state index in [1.54, 1.807) is 12.1 Å². The van der Waals surface area contributed by atoms with Crippen molar-refractivity contribution in [2.24, 2.45) is 4.99 Å². The standard InChI is InChI=1S/C21H29F2N7O/c1-2-24-21(25-13-19-28-27-18-9-5-6-11-30(18)19)26-15-10-12-29(14-15)16-7-3-4-8-17(16)31-20(22)23/h3-4,7-8,15,20H,2,5-6,9-14H2,1H3,(H2,24,25,26). The minimum Gasteiger partial charge on any atom is -0.433 e. The second-order valence-corrected chi connectivity index (χ2v) is 7.76. The summed E-state index contributed by atoms with van der Waals surface area (Å²) in [7, 11) is 0. The first-order valence-corrected chi connectivity index (χ1v) is 10.9. The van der Waals surface area contributed by atoms with Crippen molar-refractivity contribution in [3.63, 3.8) is 0 Å². The molecule has 2 aliphatic heterocycles. The Balaban J connectivity index is 1.39. The van der Waals surface area contributed by atoms with Crippen molar-refractivity contribution in [1.82, 2.24) is 25.4 Å². The number of alkyl halides is 2. The van der Waals surface area contributed by atoms with Gasteiger partial charge in [0.25, 0.3) is 0 Å². The molecule has 1 atom stereocenters. The number of nitrogens with zero attached hydrogens (tertiary/aromatic N) is 5. The summed E-state index contributed by atoms with van der Waals surface area (Å²) in [4.78, 5) is 6.77. The summed E-state index contributed by atoms with van der Waals surface area (Å²) in [6, 6.07) is 7.07. The zero-order valence-corrected chi connectivity index (χ0v) is 17.7. The average Bonchev–Trinajstić information content (AvgIpc) is 3.39. The summed E-state index contributed by atoms with van der Waals surface area (Å²) in [5, 5.41) is 15.4. The molecule has 0 aliphatic carbocycles. The predicted molar refractivity (Wildman–Crippen MR) is 115 cm³/mol. The number of aryl methyl sites for hydroxylation is 1. The van der Waals surface area contributed by atoms with E-state index < -0.39 is 6.61 Å². The van der Waals surface area contributed by atoms with E-state index >= 15 is 0 Å². The third-order valence-electron chi connectivity index (χ3n) is 5.61. The van der Waals surface area contributed by atoms with E-state index in [-0.39, 0.29) is 11.8 Å². The monoisotopic (exact) mass is 433 g/mol. The molecule has 0 radical (unpaired) electrons. The molecular weight excluding hydrogens is 404 g/mol. The number of aliphatic imine (C=N–C) groups is 1. The van der Waals surface area contributed by atoms with Crippen molar-refractivity contribution in [2.75, 3.05) is 24.5 Å². The second kappa shape index (κ2) is 9.93. The molecular formula is C21H29F2N7O. The van der Waals surface area contributed by atoms with Gasteiger partial charge in [0.05, 0.1) is 5.69 Å². The first-order chi connectivity index (χ1) is 15.1. The molecule has 3 heterocycles. The average molecular weight is 434 g/mol. The fourth-order valence-corrected chi connectivity index (χ4v) is 4.16. The molecule has 10 heteroatoms. The Morgan fingerprint density at radius 1 is 1.26 bits per heavy atom. The van der Waals surface area contributed by atoms with E-state index in [1.165, 1.54) is 0 Å². The van der Waals surface area contributed by atoms with Gasteiger partial charge in [0.1, 0.15) is 18.1 Å². The zero-order valence-electron chi connectivity index (χ0n) is 17.7. The van der Waals surface area contributed by atoms with Crippen LogP contribution in [0.4, 0.5) is 14.5 Å². The van der Waals surface area contributed by atoms with Gasteiger partial charge in [-0.1, -0.05) is 12.1 Å². The molecule has 1 aromatic heterocycles. The minimum absolute atomic E-state index is 0.143. The van der Waals surface area contributed by atoms with Crippen LogP contribution in [0.25, 0.3) is 0 Å². The number of anilines is 1. The normalized spacial score (nSPS) is 18.9. The first-order valence-electron chi connectivity index (χ1n) is 10.9. The van der Waals surface area contributed by atoms with Crippen molar-refractivity contribution in [1.29, 1.82) is 0 Å². The van der Waals surface area contributed by atoms with Crippen molar-refractivity contribution < 1.29 is 13.5 Å². The van der Waals surface area contributed by atoms with Crippen molar-refractivity contribution in [3.8, 4) is 5.75 Å². The van der Waals surface area contributed by atoms with Gasteiger partial charge in [-0.3, -0.25) is 0 Å². The molecule has 1 aromatic carbocycles. The molecule has 2 aromatic rings. The Hall–Kier alpha value is -2.91. The van der Waals surface area contributed by atoms with Gasteiger partial charge >= 0.3 is 6.61 Å². The maximum Gasteiger partial charge on any atom is 0.387 e. The van der Waals surface area contributed by atoms with Gasteiger partial charge in [0, 0.05) is 38.6 Å². The number of para-hydroxylation sites is 2. The summed E-state index contributed by atoms with van der Waals surface area (Å²) in [6.45, 7) is 2.76. The summed E-state index contributed by atoms with van der Waals surface area (Å²) < 4.78 is 32.3. The number of fused-ring (bicyclic) bond motifs is 1. The summed E-state index contributed by atoms with van der Waals surface area (Å²) in [6.07, 6.45) is 4.15. The molecule has 2 aliphatic rings. The Kier molecular flexibility index (Phi) is 6.83. The maximum absolute atomic E-state index is 12.7. The fourth-order valence-electron chi connectivity index (χ4n) is 4.16. The molecule has 2 N–H and O–H groups in total. The van der Waals surface area contributed by atoms with Crippen molar-refractivity contribution in [3.05, 3.63) is 35.9 Å². The van der Waals surface area contributed by atoms with Crippen LogP contribution in [-0.4, -0.2) is 53.0 Å². The number of nitrogens with one attached hydrogen (secondary N) is 2. The topological polar surface area (TPSA) is 79.6 Å². The van der Waals surface area contributed by atoms with Crippen LogP contribution in [0.5, 0.6) is 5.75 Å². The molecule has 1 fully saturated rings. The van der Waals surface area contributed by atoms with E-state index in [2.05, 4.69) is 30.3 Å². The highest BCUT2D eigenvalue weighted by molar-refractivity contribution is 5.80. The first kappa shape index (κ1) is 21.3. The molecule has 0 bridgehead atoms. The molecule has 1 saturated heterocycles. The smallest absolute Gasteiger partial charge is 0.387 e. The van der Waals surface area contributed by atoms with Crippen LogP contribution in [-0.2, 0) is 19.5 Å². The molecule has 168 valence electrons. The minimum atomic E-state index is -2.84. The van der Waals surface area contributed by atoms with E-state index in [0.717, 1.165) is 62.9 Å². The van der Waals surface area contributed by atoms with Gasteiger partial charge in [-0.25, -0.2) is 4.99 Å². The third kappa shape index (κ3) is 5.23. The van der Waals surface area contributed by atoms with Crippen LogP contribution in [0, 0.1) is 0 Å². The van der Waals surface area contributed by atoms with E-state index in [0.29, 0.717) is 18.8 Å². The van der Waals surface area contributed by atoms with Crippen LogP contribution in [0.3, 0.4) is 0 Å². The highest BCUT2D eigenvalue weighted by atomic mass is 19.3.